The fraction of sp³-hybridized carbons (Fsp3) is 0.714. The Morgan fingerprint density at radius 1 is 1.38 bits per heavy atom. The van der Waals surface area contributed by atoms with E-state index in [1.807, 2.05) is 0 Å². The predicted molar refractivity (Wildman–Crippen MR) is 47.6 cm³/mol. The van der Waals surface area contributed by atoms with Crippen LogP contribution in [0.1, 0.15) is 26.2 Å². The van der Waals surface area contributed by atoms with Gasteiger partial charge >= 0.3 is 0 Å². The first-order valence-electron chi connectivity index (χ1n) is 3.12. The maximum atomic E-state index is 2.35. The topological polar surface area (TPSA) is 0 Å². The molecule has 48 valence electrons. The Kier molecular flexibility index (Phi) is 7.91. The molecule has 0 radical (unpaired) electrons. The van der Waals surface area contributed by atoms with Crippen molar-refractivity contribution in [3.05, 3.63) is 12.2 Å². The van der Waals surface area contributed by atoms with Crippen molar-refractivity contribution < 1.29 is 0 Å². The summed E-state index contributed by atoms with van der Waals surface area (Å²) in [6.07, 6.45) is 8.39. The van der Waals surface area contributed by atoms with E-state index in [4.69, 9.17) is 0 Å². The van der Waals surface area contributed by atoms with E-state index in [1.54, 1.807) is 0 Å². The number of hydrogen-bond acceptors (Lipinski definition) is 0. The Balaban J connectivity index is 2.80. The third-order valence-corrected chi connectivity index (χ3v) is 1.49. The number of alkyl halides is 1. The van der Waals surface area contributed by atoms with E-state index < -0.39 is 0 Å². The van der Waals surface area contributed by atoms with Crippen LogP contribution in [0.2, 0.25) is 0 Å². The summed E-state index contributed by atoms with van der Waals surface area (Å²) < 4.78 is 1.15. The molecular weight excluding hydrogens is 211 g/mol. The van der Waals surface area contributed by atoms with Crippen LogP contribution in [0.15, 0.2) is 12.2 Å². The van der Waals surface area contributed by atoms with Crippen LogP contribution in [0.4, 0.5) is 0 Å². The van der Waals surface area contributed by atoms with Gasteiger partial charge in [-0.2, -0.15) is 0 Å². The van der Waals surface area contributed by atoms with Gasteiger partial charge in [-0.25, -0.2) is 0 Å². The Bertz CT molecular complexity index is 57.4. The zero-order chi connectivity index (χ0) is 6.24. The predicted octanol–water partition coefficient (Wildman–Crippen LogP) is 3.17. The largest absolute Gasteiger partial charge is 0.0878 e. The minimum atomic E-state index is 1.15. The first-order valence-corrected chi connectivity index (χ1v) is 4.65. The lowest BCUT2D eigenvalue weighted by Gasteiger charge is -1.85. The second-order valence-electron chi connectivity index (χ2n) is 1.77. The molecular formula is C7H13I. The van der Waals surface area contributed by atoms with E-state index >= 15 is 0 Å². The van der Waals surface area contributed by atoms with Crippen molar-refractivity contribution in [3.8, 4) is 0 Å². The van der Waals surface area contributed by atoms with Crippen LogP contribution in [-0.2, 0) is 0 Å². The van der Waals surface area contributed by atoms with Crippen molar-refractivity contribution in [1.82, 2.24) is 0 Å². The highest BCUT2D eigenvalue weighted by Gasteiger charge is 1.74. The summed E-state index contributed by atoms with van der Waals surface area (Å²) in [5, 5.41) is 0. The lowest BCUT2D eigenvalue weighted by Crippen LogP contribution is -1.66. The van der Waals surface area contributed by atoms with Crippen molar-refractivity contribution >= 4 is 22.6 Å². The molecule has 0 atom stereocenters. The summed E-state index contributed by atoms with van der Waals surface area (Å²) >= 11 is 2.35. The molecule has 0 spiro atoms. The molecule has 0 fully saturated rings. The third kappa shape index (κ3) is 6.47. The molecule has 0 aliphatic heterocycles. The summed E-state index contributed by atoms with van der Waals surface area (Å²) in [5.41, 5.74) is 0. The number of unbranched alkanes of at least 4 members (excludes halogenated alkanes) is 2. The van der Waals surface area contributed by atoms with Crippen LogP contribution in [0.5, 0.6) is 0 Å². The van der Waals surface area contributed by atoms with Crippen molar-refractivity contribution in [3.63, 3.8) is 0 Å². The summed E-state index contributed by atoms with van der Waals surface area (Å²) in [4.78, 5) is 0. The van der Waals surface area contributed by atoms with Crippen LogP contribution in [0.25, 0.3) is 0 Å². The smallest absolute Gasteiger partial charge is 0.0175 e. The highest BCUT2D eigenvalue weighted by Crippen LogP contribution is 1.95. The fourth-order valence-electron chi connectivity index (χ4n) is 0.503. The molecule has 8 heavy (non-hydrogen) atoms. The van der Waals surface area contributed by atoms with Crippen molar-refractivity contribution in [2.24, 2.45) is 0 Å². The summed E-state index contributed by atoms with van der Waals surface area (Å²) in [7, 11) is 0. The van der Waals surface area contributed by atoms with Gasteiger partial charge in [-0.15, -0.1) is 0 Å². The first-order chi connectivity index (χ1) is 3.91. The molecule has 0 unspecified atom stereocenters. The summed E-state index contributed by atoms with van der Waals surface area (Å²) in [6.45, 7) is 2.22. The Morgan fingerprint density at radius 3 is 2.62 bits per heavy atom. The molecule has 0 saturated carbocycles. The molecule has 0 aromatic carbocycles. The molecule has 0 aromatic rings. The van der Waals surface area contributed by atoms with Crippen LogP contribution in [0, 0.1) is 0 Å². The zero-order valence-corrected chi connectivity index (χ0v) is 7.52. The average molecular weight is 224 g/mol. The summed E-state index contributed by atoms with van der Waals surface area (Å²) in [6, 6.07) is 0. The fourth-order valence-corrected chi connectivity index (χ4v) is 0.862. The maximum absolute atomic E-state index is 2.35. The molecule has 0 aliphatic rings. The lowest BCUT2D eigenvalue weighted by atomic mass is 10.2. The second kappa shape index (κ2) is 7.47. The van der Waals surface area contributed by atoms with E-state index in [-0.39, 0.29) is 0 Å². The maximum Gasteiger partial charge on any atom is 0.0175 e. The number of halogens is 1. The van der Waals surface area contributed by atoms with Crippen LogP contribution in [-0.4, -0.2) is 4.43 Å². The standard InChI is InChI=1S/C7H13I/c1-2-3-4-5-6-7-8/h5-6H,2-4,7H2,1H3/b6-5-. The van der Waals surface area contributed by atoms with Crippen LogP contribution < -0.4 is 0 Å². The Hall–Kier alpha value is 0.470. The van der Waals surface area contributed by atoms with Gasteiger partial charge in [0.25, 0.3) is 0 Å². The quantitative estimate of drug-likeness (QED) is 0.298. The van der Waals surface area contributed by atoms with E-state index in [9.17, 15) is 0 Å². The lowest BCUT2D eigenvalue weighted by molar-refractivity contribution is 0.814. The number of hydrogen-bond donors (Lipinski definition) is 0. The van der Waals surface area contributed by atoms with E-state index in [0.717, 1.165) is 4.43 Å². The summed E-state index contributed by atoms with van der Waals surface area (Å²) in [5.74, 6) is 0. The third-order valence-electron chi connectivity index (χ3n) is 0.980. The highest BCUT2D eigenvalue weighted by molar-refractivity contribution is 14.1. The van der Waals surface area contributed by atoms with Gasteiger partial charge in [0.2, 0.25) is 0 Å². The Morgan fingerprint density at radius 2 is 2.12 bits per heavy atom. The average Bonchev–Trinajstić information content (AvgIpc) is 1.81. The molecule has 0 aliphatic carbocycles. The highest BCUT2D eigenvalue weighted by atomic mass is 127. The molecule has 1 heteroatoms. The van der Waals surface area contributed by atoms with Gasteiger partial charge in [-0.05, 0) is 6.42 Å². The van der Waals surface area contributed by atoms with Gasteiger partial charge in [0.05, 0.1) is 0 Å². The number of allylic oxidation sites excluding steroid dienone is 2. The van der Waals surface area contributed by atoms with Crippen molar-refractivity contribution in [1.29, 1.82) is 0 Å². The molecule has 0 N–H and O–H groups in total. The minimum absolute atomic E-state index is 1.15. The molecule has 0 nitrogen and oxygen atoms in total. The second-order valence-corrected chi connectivity index (χ2v) is 2.65. The van der Waals surface area contributed by atoms with Crippen LogP contribution >= 0.6 is 22.6 Å². The monoisotopic (exact) mass is 224 g/mol. The molecule has 0 amide bonds. The number of rotatable bonds is 4. The first kappa shape index (κ1) is 8.47. The van der Waals surface area contributed by atoms with Gasteiger partial charge in [-0.3, -0.25) is 0 Å². The zero-order valence-electron chi connectivity index (χ0n) is 5.36. The Labute approximate surface area is 65.5 Å². The minimum Gasteiger partial charge on any atom is -0.0878 e. The molecule has 0 aromatic heterocycles. The van der Waals surface area contributed by atoms with Gasteiger partial charge in [0.1, 0.15) is 0 Å². The molecule has 0 heterocycles. The van der Waals surface area contributed by atoms with E-state index in [2.05, 4.69) is 41.7 Å². The van der Waals surface area contributed by atoms with Gasteiger partial charge in [-0.1, -0.05) is 54.5 Å². The molecule has 0 rings (SSSR count). The molecule has 0 saturated heterocycles. The van der Waals surface area contributed by atoms with Gasteiger partial charge < -0.3 is 0 Å². The van der Waals surface area contributed by atoms with E-state index in [0.29, 0.717) is 0 Å². The van der Waals surface area contributed by atoms with Crippen molar-refractivity contribution in [2.45, 2.75) is 26.2 Å². The molecule has 0 bridgehead atoms. The van der Waals surface area contributed by atoms with Crippen LogP contribution in [0.3, 0.4) is 0 Å². The SMILES string of the molecule is CCCC/C=C\CI. The van der Waals surface area contributed by atoms with Gasteiger partial charge in [0.15, 0.2) is 0 Å². The van der Waals surface area contributed by atoms with Crippen molar-refractivity contribution in [2.75, 3.05) is 4.43 Å². The van der Waals surface area contributed by atoms with E-state index in [1.165, 1.54) is 19.3 Å². The van der Waals surface area contributed by atoms with Gasteiger partial charge in [0, 0.05) is 4.43 Å². The normalized spacial score (nSPS) is 10.8.